The first-order chi connectivity index (χ1) is 11.1. The molecule has 0 aliphatic heterocycles. The third kappa shape index (κ3) is 6.46. The molecule has 0 aromatic heterocycles. The molecule has 23 heavy (non-hydrogen) atoms. The highest BCUT2D eigenvalue weighted by Gasteiger charge is 2.25. The maximum Gasteiger partial charge on any atom is 0.0186 e. The smallest absolute Gasteiger partial charge is 0.0186 e. The van der Waals surface area contributed by atoms with Crippen LogP contribution in [-0.2, 0) is 0 Å². The summed E-state index contributed by atoms with van der Waals surface area (Å²) in [5.74, 6) is 1.11. The van der Waals surface area contributed by atoms with E-state index in [4.69, 9.17) is 11.6 Å². The number of halogens is 1. The summed E-state index contributed by atoms with van der Waals surface area (Å²) < 4.78 is 0. The molecule has 1 rings (SSSR count). The van der Waals surface area contributed by atoms with Gasteiger partial charge in [0.1, 0.15) is 0 Å². The van der Waals surface area contributed by atoms with E-state index in [2.05, 4.69) is 51.0 Å². The molecule has 1 heteroatoms. The van der Waals surface area contributed by atoms with Gasteiger partial charge < -0.3 is 0 Å². The maximum absolute atomic E-state index is 6.18. The van der Waals surface area contributed by atoms with Gasteiger partial charge in [0.2, 0.25) is 0 Å². The number of rotatable bonds is 9. The van der Waals surface area contributed by atoms with Gasteiger partial charge in [-0.2, -0.15) is 0 Å². The quantitative estimate of drug-likeness (QED) is 0.318. The summed E-state index contributed by atoms with van der Waals surface area (Å²) in [4.78, 5) is 0. The molecule has 0 aromatic rings. The zero-order valence-corrected chi connectivity index (χ0v) is 14.8. The van der Waals surface area contributed by atoms with Crippen molar-refractivity contribution in [1.82, 2.24) is 0 Å². The van der Waals surface area contributed by atoms with Gasteiger partial charge in [0.25, 0.3) is 0 Å². The van der Waals surface area contributed by atoms with Gasteiger partial charge in [-0.1, -0.05) is 98.0 Å². The maximum atomic E-state index is 6.18. The highest BCUT2D eigenvalue weighted by Crippen LogP contribution is 2.37. The molecular formula is C22H27Cl. The Morgan fingerprint density at radius 2 is 1.87 bits per heavy atom. The van der Waals surface area contributed by atoms with Crippen molar-refractivity contribution in [1.29, 1.82) is 0 Å². The second kappa shape index (κ2) is 10.9. The summed E-state index contributed by atoms with van der Waals surface area (Å²) in [5.41, 5.74) is 1.44. The summed E-state index contributed by atoms with van der Waals surface area (Å²) in [5, 5.41) is 0.932. The molecule has 0 saturated carbocycles. The van der Waals surface area contributed by atoms with Gasteiger partial charge in [0, 0.05) is 11.0 Å². The van der Waals surface area contributed by atoms with Gasteiger partial charge in [-0.3, -0.25) is 0 Å². The molecule has 0 saturated heterocycles. The van der Waals surface area contributed by atoms with E-state index in [-0.39, 0.29) is 5.92 Å². The van der Waals surface area contributed by atoms with Crippen molar-refractivity contribution in [2.45, 2.75) is 19.8 Å². The monoisotopic (exact) mass is 326 g/mol. The van der Waals surface area contributed by atoms with E-state index in [1.54, 1.807) is 6.08 Å². The Bertz CT molecular complexity index is 555. The van der Waals surface area contributed by atoms with Crippen LogP contribution in [0.3, 0.4) is 0 Å². The minimum Gasteiger partial charge on any atom is -0.102 e. The molecule has 0 fully saturated rings. The van der Waals surface area contributed by atoms with Crippen molar-refractivity contribution in [3.63, 3.8) is 0 Å². The average molecular weight is 327 g/mol. The lowest BCUT2D eigenvalue weighted by molar-refractivity contribution is 0.466. The van der Waals surface area contributed by atoms with E-state index < -0.39 is 0 Å². The summed E-state index contributed by atoms with van der Waals surface area (Å²) in [6.45, 7) is 13.7. The van der Waals surface area contributed by atoms with Gasteiger partial charge in [0.05, 0.1) is 0 Å². The normalized spacial score (nSPS) is 21.2. The van der Waals surface area contributed by atoms with E-state index in [1.165, 1.54) is 5.57 Å². The van der Waals surface area contributed by atoms with Crippen LogP contribution < -0.4 is 0 Å². The summed E-state index contributed by atoms with van der Waals surface area (Å²) in [6.07, 6.45) is 24.1. The average Bonchev–Trinajstić information content (AvgIpc) is 2.54. The van der Waals surface area contributed by atoms with Crippen LogP contribution in [0.5, 0.6) is 0 Å². The molecule has 0 radical (unpaired) electrons. The first kappa shape index (κ1) is 19.3. The summed E-state index contributed by atoms with van der Waals surface area (Å²) in [6, 6.07) is 0. The molecule has 1 aliphatic carbocycles. The topological polar surface area (TPSA) is 0 Å². The van der Waals surface area contributed by atoms with Gasteiger partial charge in [0.15, 0.2) is 0 Å². The van der Waals surface area contributed by atoms with Crippen LogP contribution in [0.2, 0.25) is 0 Å². The van der Waals surface area contributed by atoms with Crippen molar-refractivity contribution >= 4 is 11.6 Å². The Morgan fingerprint density at radius 3 is 2.48 bits per heavy atom. The molecule has 0 nitrogen and oxygen atoms in total. The zero-order valence-electron chi connectivity index (χ0n) is 14.0. The van der Waals surface area contributed by atoms with E-state index >= 15 is 0 Å². The number of hydrogen-bond acceptors (Lipinski definition) is 0. The lowest BCUT2D eigenvalue weighted by Gasteiger charge is -2.30. The molecule has 3 atom stereocenters. The number of allylic oxidation sites excluding steroid dienone is 13. The molecule has 122 valence electrons. The van der Waals surface area contributed by atoms with Crippen molar-refractivity contribution in [2.75, 3.05) is 0 Å². The Balaban J connectivity index is 3.04. The lowest BCUT2D eigenvalue weighted by atomic mass is 9.75. The Kier molecular flexibility index (Phi) is 9.09. The predicted octanol–water partition coefficient (Wildman–Crippen LogP) is 6.92. The van der Waals surface area contributed by atoms with Crippen molar-refractivity contribution < 1.29 is 0 Å². The fourth-order valence-corrected chi connectivity index (χ4v) is 3.16. The number of hydrogen-bond donors (Lipinski definition) is 0. The van der Waals surface area contributed by atoms with E-state index in [1.807, 2.05) is 36.5 Å². The SMILES string of the molecule is C=C/C=C\C=C\CC(C1=CC=C(Cl)CC1C)C(C=C)/C=C/C=C. The molecular weight excluding hydrogens is 300 g/mol. The second-order valence-corrected chi connectivity index (χ2v) is 6.20. The Morgan fingerprint density at radius 1 is 1.13 bits per heavy atom. The fraction of sp³-hybridized carbons (Fsp3) is 0.273. The molecule has 0 aromatic carbocycles. The van der Waals surface area contributed by atoms with Crippen LogP contribution >= 0.6 is 11.6 Å². The third-order valence-electron chi connectivity index (χ3n) is 4.05. The Labute approximate surface area is 146 Å². The van der Waals surface area contributed by atoms with Crippen LogP contribution in [0, 0.1) is 17.8 Å². The highest BCUT2D eigenvalue weighted by molar-refractivity contribution is 6.29. The summed E-state index contributed by atoms with van der Waals surface area (Å²) in [7, 11) is 0. The van der Waals surface area contributed by atoms with Gasteiger partial charge in [-0.05, 0) is 30.8 Å². The van der Waals surface area contributed by atoms with Crippen LogP contribution in [-0.4, -0.2) is 0 Å². The molecule has 0 N–H and O–H groups in total. The summed E-state index contributed by atoms with van der Waals surface area (Å²) >= 11 is 6.18. The van der Waals surface area contributed by atoms with Crippen LogP contribution in [0.25, 0.3) is 0 Å². The van der Waals surface area contributed by atoms with Gasteiger partial charge in [-0.15, -0.1) is 6.58 Å². The predicted molar refractivity (Wildman–Crippen MR) is 105 cm³/mol. The molecule has 0 spiro atoms. The van der Waals surface area contributed by atoms with Crippen molar-refractivity contribution in [3.05, 3.63) is 97.2 Å². The molecule has 0 amide bonds. The fourth-order valence-electron chi connectivity index (χ4n) is 2.86. The molecule has 3 unspecified atom stereocenters. The van der Waals surface area contributed by atoms with Crippen LogP contribution in [0.15, 0.2) is 97.2 Å². The molecule has 1 aliphatic rings. The van der Waals surface area contributed by atoms with Gasteiger partial charge in [-0.25, -0.2) is 0 Å². The van der Waals surface area contributed by atoms with Crippen molar-refractivity contribution in [2.24, 2.45) is 17.8 Å². The largest absolute Gasteiger partial charge is 0.102 e. The minimum absolute atomic E-state index is 0.278. The molecule has 0 heterocycles. The van der Waals surface area contributed by atoms with E-state index in [0.29, 0.717) is 11.8 Å². The lowest BCUT2D eigenvalue weighted by Crippen LogP contribution is -2.19. The Hall–Kier alpha value is -1.79. The third-order valence-corrected chi connectivity index (χ3v) is 4.33. The van der Waals surface area contributed by atoms with Gasteiger partial charge >= 0.3 is 0 Å². The van der Waals surface area contributed by atoms with Crippen molar-refractivity contribution in [3.8, 4) is 0 Å². The van der Waals surface area contributed by atoms with E-state index in [0.717, 1.165) is 17.9 Å². The standard InChI is InChI=1S/C22H27Cl/c1-5-8-10-11-12-14-22(19(7-3)13-9-6-2)21-16-15-20(23)17-18(21)4/h5-13,15-16,18-19,22H,1-3,14,17H2,4H3/b10-8-,12-11+,13-9+. The second-order valence-electron chi connectivity index (χ2n) is 5.71. The molecule has 0 bridgehead atoms. The van der Waals surface area contributed by atoms with Crippen LogP contribution in [0.1, 0.15) is 19.8 Å². The first-order valence-corrected chi connectivity index (χ1v) is 8.44. The first-order valence-electron chi connectivity index (χ1n) is 8.06. The highest BCUT2D eigenvalue weighted by atomic mass is 35.5. The van der Waals surface area contributed by atoms with E-state index in [9.17, 15) is 0 Å². The van der Waals surface area contributed by atoms with Crippen LogP contribution in [0.4, 0.5) is 0 Å². The minimum atomic E-state index is 0.278. The zero-order chi connectivity index (χ0) is 17.1.